The summed E-state index contributed by atoms with van der Waals surface area (Å²) in [6, 6.07) is 0. The minimum Gasteiger partial charge on any atom is -0.355 e. The van der Waals surface area contributed by atoms with Gasteiger partial charge in [0.25, 0.3) is 0 Å². The van der Waals surface area contributed by atoms with Gasteiger partial charge in [0, 0.05) is 32.7 Å². The highest BCUT2D eigenvalue weighted by atomic mass is 16.2. The second kappa shape index (κ2) is 7.59. The number of hydrogen-bond donors (Lipinski definition) is 2. The Morgan fingerprint density at radius 3 is 2.45 bits per heavy atom. The average Bonchev–Trinajstić information content (AvgIpc) is 3.24. The Balaban J connectivity index is 1.59. The van der Waals surface area contributed by atoms with Crippen molar-refractivity contribution in [2.75, 3.05) is 52.4 Å². The van der Waals surface area contributed by atoms with Crippen LogP contribution in [0.15, 0.2) is 0 Å². The van der Waals surface area contributed by atoms with E-state index in [1.54, 1.807) is 0 Å². The molecule has 114 valence electrons. The highest BCUT2D eigenvalue weighted by Gasteiger charge is 2.23. The molecule has 0 aromatic carbocycles. The second-order valence-electron chi connectivity index (χ2n) is 5.68. The molecule has 0 atom stereocenters. The van der Waals surface area contributed by atoms with Crippen LogP contribution < -0.4 is 10.6 Å². The molecule has 0 aromatic rings. The Morgan fingerprint density at radius 1 is 1.15 bits per heavy atom. The number of likely N-dealkylation sites (N-methyl/N-ethyl adjacent to an activating group) is 1. The molecule has 2 amide bonds. The molecule has 20 heavy (non-hydrogen) atoms. The van der Waals surface area contributed by atoms with Crippen molar-refractivity contribution in [2.45, 2.75) is 19.8 Å². The van der Waals surface area contributed by atoms with E-state index in [9.17, 15) is 9.59 Å². The lowest BCUT2D eigenvalue weighted by molar-refractivity contribution is -0.132. The molecule has 0 unspecified atom stereocenters. The summed E-state index contributed by atoms with van der Waals surface area (Å²) in [6.07, 6.45) is 2.61. The highest BCUT2D eigenvalue weighted by Crippen LogP contribution is 2.27. The fourth-order valence-corrected chi connectivity index (χ4v) is 2.43. The third-order valence-corrected chi connectivity index (χ3v) is 3.87. The predicted octanol–water partition coefficient (Wildman–Crippen LogP) is -0.734. The van der Waals surface area contributed by atoms with Gasteiger partial charge in [0.05, 0.1) is 13.1 Å². The molecule has 1 heterocycles. The molecule has 0 spiro atoms. The van der Waals surface area contributed by atoms with Crippen LogP contribution in [0.4, 0.5) is 0 Å². The normalized spacial score (nSPS) is 19.9. The molecule has 6 heteroatoms. The number of carbonyl (C=O) groups excluding carboxylic acids is 2. The zero-order chi connectivity index (χ0) is 14.4. The van der Waals surface area contributed by atoms with Gasteiger partial charge in [0.15, 0.2) is 0 Å². The number of piperazine rings is 1. The Labute approximate surface area is 120 Å². The monoisotopic (exact) mass is 282 g/mol. The zero-order valence-corrected chi connectivity index (χ0v) is 12.4. The van der Waals surface area contributed by atoms with E-state index in [2.05, 4.69) is 15.5 Å². The van der Waals surface area contributed by atoms with Crippen LogP contribution in [0.2, 0.25) is 0 Å². The Hall–Kier alpha value is -1.14. The summed E-state index contributed by atoms with van der Waals surface area (Å²) in [5.74, 6) is 1.05. The van der Waals surface area contributed by atoms with E-state index >= 15 is 0 Å². The fourth-order valence-electron chi connectivity index (χ4n) is 2.43. The van der Waals surface area contributed by atoms with Crippen molar-refractivity contribution < 1.29 is 9.59 Å². The molecule has 1 aliphatic carbocycles. The summed E-state index contributed by atoms with van der Waals surface area (Å²) in [7, 11) is 0. The maximum atomic E-state index is 12.0. The van der Waals surface area contributed by atoms with Crippen LogP contribution >= 0.6 is 0 Å². The highest BCUT2D eigenvalue weighted by molar-refractivity contribution is 5.79. The number of amides is 2. The van der Waals surface area contributed by atoms with Gasteiger partial charge in [-0.05, 0) is 32.2 Å². The Kier molecular flexibility index (Phi) is 5.79. The zero-order valence-electron chi connectivity index (χ0n) is 12.4. The molecule has 0 aromatic heterocycles. The van der Waals surface area contributed by atoms with E-state index < -0.39 is 0 Å². The quantitative estimate of drug-likeness (QED) is 0.646. The van der Waals surface area contributed by atoms with E-state index in [0.29, 0.717) is 19.6 Å². The molecule has 2 rings (SSSR count). The predicted molar refractivity (Wildman–Crippen MR) is 77.3 cm³/mol. The number of nitrogens with one attached hydrogen (secondary N) is 2. The first kappa shape index (κ1) is 15.3. The third kappa shape index (κ3) is 5.09. The van der Waals surface area contributed by atoms with Gasteiger partial charge in [-0.1, -0.05) is 0 Å². The van der Waals surface area contributed by atoms with Gasteiger partial charge < -0.3 is 15.5 Å². The van der Waals surface area contributed by atoms with Crippen molar-refractivity contribution in [3.8, 4) is 0 Å². The van der Waals surface area contributed by atoms with Gasteiger partial charge >= 0.3 is 0 Å². The van der Waals surface area contributed by atoms with Crippen molar-refractivity contribution in [2.24, 2.45) is 5.92 Å². The van der Waals surface area contributed by atoms with E-state index in [-0.39, 0.29) is 11.8 Å². The lowest BCUT2D eigenvalue weighted by Crippen LogP contribution is -2.52. The average molecular weight is 282 g/mol. The number of nitrogens with zero attached hydrogens (tertiary/aromatic N) is 2. The largest absolute Gasteiger partial charge is 0.355 e. The first-order chi connectivity index (χ1) is 9.69. The maximum Gasteiger partial charge on any atom is 0.236 e. The lowest BCUT2D eigenvalue weighted by Gasteiger charge is -2.34. The van der Waals surface area contributed by atoms with Crippen LogP contribution in [0.1, 0.15) is 19.8 Å². The summed E-state index contributed by atoms with van der Waals surface area (Å²) in [6.45, 7) is 7.47. The van der Waals surface area contributed by atoms with Gasteiger partial charge in [0.1, 0.15) is 0 Å². The molecule has 0 bridgehead atoms. The van der Waals surface area contributed by atoms with Gasteiger partial charge in [0.2, 0.25) is 11.8 Å². The van der Waals surface area contributed by atoms with E-state index in [4.69, 9.17) is 0 Å². The smallest absolute Gasteiger partial charge is 0.236 e. The van der Waals surface area contributed by atoms with Gasteiger partial charge in [-0.2, -0.15) is 0 Å². The molecule has 1 saturated carbocycles. The first-order valence-electron chi connectivity index (χ1n) is 7.66. The summed E-state index contributed by atoms with van der Waals surface area (Å²) in [4.78, 5) is 27.5. The molecule has 0 radical (unpaired) electrons. The topological polar surface area (TPSA) is 64.7 Å². The lowest BCUT2D eigenvalue weighted by atomic mass is 10.3. The maximum absolute atomic E-state index is 12.0. The van der Waals surface area contributed by atoms with Crippen molar-refractivity contribution in [3.63, 3.8) is 0 Å². The van der Waals surface area contributed by atoms with E-state index in [0.717, 1.165) is 38.6 Å². The van der Waals surface area contributed by atoms with Gasteiger partial charge in [-0.15, -0.1) is 0 Å². The molecule has 6 nitrogen and oxygen atoms in total. The fraction of sp³-hybridized carbons (Fsp3) is 0.857. The van der Waals surface area contributed by atoms with Crippen molar-refractivity contribution >= 4 is 11.8 Å². The van der Waals surface area contributed by atoms with Crippen molar-refractivity contribution in [1.82, 2.24) is 20.4 Å². The summed E-state index contributed by atoms with van der Waals surface area (Å²) >= 11 is 0. The number of hydrogen-bond acceptors (Lipinski definition) is 4. The minimum atomic E-state index is 0.0679. The molecule has 1 aliphatic heterocycles. The van der Waals surface area contributed by atoms with Crippen LogP contribution in [-0.2, 0) is 9.59 Å². The SMILES string of the molecule is CCNC(=O)CN1CCN(C(=O)CNCC2CC2)CC1. The van der Waals surface area contributed by atoms with E-state index in [1.165, 1.54) is 12.8 Å². The van der Waals surface area contributed by atoms with Crippen LogP contribution in [0.3, 0.4) is 0 Å². The van der Waals surface area contributed by atoms with Gasteiger partial charge in [-0.25, -0.2) is 0 Å². The Bertz CT molecular complexity index is 336. The molecule has 1 saturated heterocycles. The summed E-state index contributed by atoms with van der Waals surface area (Å²) in [5, 5.41) is 6.04. The number of rotatable bonds is 7. The second-order valence-corrected chi connectivity index (χ2v) is 5.68. The summed E-state index contributed by atoms with van der Waals surface area (Å²) in [5.41, 5.74) is 0. The molecule has 2 aliphatic rings. The van der Waals surface area contributed by atoms with Crippen LogP contribution in [0.5, 0.6) is 0 Å². The Morgan fingerprint density at radius 2 is 1.85 bits per heavy atom. The molecular weight excluding hydrogens is 256 g/mol. The third-order valence-electron chi connectivity index (χ3n) is 3.87. The minimum absolute atomic E-state index is 0.0679. The van der Waals surface area contributed by atoms with E-state index in [1.807, 2.05) is 11.8 Å². The number of carbonyl (C=O) groups is 2. The summed E-state index contributed by atoms with van der Waals surface area (Å²) < 4.78 is 0. The standard InChI is InChI=1S/C14H26N4O2/c1-2-16-13(19)11-17-5-7-18(8-6-17)14(20)10-15-9-12-3-4-12/h12,15H,2-11H2,1H3,(H,16,19). The molecule has 2 N–H and O–H groups in total. The van der Waals surface area contributed by atoms with Crippen molar-refractivity contribution in [1.29, 1.82) is 0 Å². The molecular formula is C14H26N4O2. The van der Waals surface area contributed by atoms with Crippen molar-refractivity contribution in [3.05, 3.63) is 0 Å². The van der Waals surface area contributed by atoms with Crippen LogP contribution in [-0.4, -0.2) is 74.0 Å². The van der Waals surface area contributed by atoms with Crippen LogP contribution in [0.25, 0.3) is 0 Å². The van der Waals surface area contributed by atoms with Gasteiger partial charge in [-0.3, -0.25) is 14.5 Å². The molecule has 2 fully saturated rings. The van der Waals surface area contributed by atoms with Crippen LogP contribution in [0, 0.1) is 5.92 Å². The first-order valence-corrected chi connectivity index (χ1v) is 7.66.